The van der Waals surface area contributed by atoms with Gasteiger partial charge in [0.15, 0.2) is 11.6 Å². The van der Waals surface area contributed by atoms with Crippen LogP contribution in [-0.2, 0) is 13.1 Å². The number of hydrogen-bond donors (Lipinski definition) is 2. The Hall–Kier alpha value is -4.07. The number of carboxylic acids is 1. The molecule has 2 N–H and O–H groups in total. The van der Waals surface area contributed by atoms with Crippen molar-refractivity contribution in [2.75, 3.05) is 0 Å². The molecule has 1 amide bonds. The molecule has 0 aliphatic heterocycles. The molecular weight excluding hydrogens is 416 g/mol. The van der Waals surface area contributed by atoms with E-state index in [4.69, 9.17) is 0 Å². The second-order valence-corrected chi connectivity index (χ2v) is 7.39. The van der Waals surface area contributed by atoms with Gasteiger partial charge in [-0.1, -0.05) is 24.3 Å². The molecule has 0 atom stereocenters. The summed E-state index contributed by atoms with van der Waals surface area (Å²) in [4.78, 5) is 29.6. The molecule has 0 aliphatic carbocycles. The molecule has 6 nitrogen and oxygen atoms in total. The van der Waals surface area contributed by atoms with E-state index in [1.165, 1.54) is 6.07 Å². The maximum absolute atomic E-state index is 13.5. The number of carboxylic acid groups (broad SMARTS) is 1. The summed E-state index contributed by atoms with van der Waals surface area (Å²) >= 11 is 0. The minimum absolute atomic E-state index is 0.00557. The van der Waals surface area contributed by atoms with Crippen LogP contribution in [0.5, 0.6) is 0 Å². The largest absolute Gasteiger partial charge is 0.477 e. The maximum atomic E-state index is 13.5. The molecule has 4 rings (SSSR count). The number of hydrogen-bond acceptors (Lipinski definition) is 3. The van der Waals surface area contributed by atoms with Crippen LogP contribution >= 0.6 is 0 Å². The first-order valence-corrected chi connectivity index (χ1v) is 9.83. The number of halogens is 2. The highest BCUT2D eigenvalue weighted by molar-refractivity contribution is 6.14. The van der Waals surface area contributed by atoms with Crippen LogP contribution in [0.4, 0.5) is 8.78 Å². The molecule has 0 fully saturated rings. The maximum Gasteiger partial charge on any atom is 0.353 e. The number of fused-ring (bicyclic) bond motifs is 1. The van der Waals surface area contributed by atoms with E-state index in [2.05, 4.69) is 10.3 Å². The minimum Gasteiger partial charge on any atom is -0.477 e. The zero-order chi connectivity index (χ0) is 22.8. The van der Waals surface area contributed by atoms with Gasteiger partial charge >= 0.3 is 5.97 Å². The van der Waals surface area contributed by atoms with Gasteiger partial charge in [-0.2, -0.15) is 0 Å². The first-order chi connectivity index (χ1) is 15.3. The standard InChI is InChI=1S/C24H19F2N3O3/c1-14-5-7-17-20(10-14)29(13-16-4-2-3-9-27-16)22(24(31)32)21(17)23(30)28-12-15-6-8-18(25)19(26)11-15/h2-11H,12-13H2,1H3,(H,28,30)(H,31,32). The Kier molecular flexibility index (Phi) is 5.68. The van der Waals surface area contributed by atoms with Crippen LogP contribution in [0.25, 0.3) is 10.9 Å². The number of nitrogens with zero attached hydrogens (tertiary/aromatic N) is 2. The van der Waals surface area contributed by atoms with E-state index in [0.717, 1.165) is 17.7 Å². The van der Waals surface area contributed by atoms with Gasteiger partial charge in [0.2, 0.25) is 0 Å². The van der Waals surface area contributed by atoms with Crippen molar-refractivity contribution in [2.24, 2.45) is 0 Å². The highest BCUT2D eigenvalue weighted by Gasteiger charge is 2.27. The molecule has 0 radical (unpaired) electrons. The van der Waals surface area contributed by atoms with Crippen LogP contribution < -0.4 is 5.32 Å². The van der Waals surface area contributed by atoms with Crippen molar-refractivity contribution in [3.8, 4) is 0 Å². The Balaban J connectivity index is 1.77. The fourth-order valence-corrected chi connectivity index (χ4v) is 3.65. The van der Waals surface area contributed by atoms with Gasteiger partial charge in [-0.25, -0.2) is 13.6 Å². The van der Waals surface area contributed by atoms with Gasteiger partial charge in [-0.3, -0.25) is 9.78 Å². The van der Waals surface area contributed by atoms with Crippen molar-refractivity contribution >= 4 is 22.8 Å². The summed E-state index contributed by atoms with van der Waals surface area (Å²) in [5, 5.41) is 13.1. The number of pyridine rings is 1. The normalized spacial score (nSPS) is 11.0. The molecule has 4 aromatic rings. The van der Waals surface area contributed by atoms with Crippen LogP contribution in [0.2, 0.25) is 0 Å². The Bertz CT molecular complexity index is 1330. The molecule has 0 saturated carbocycles. The molecule has 0 saturated heterocycles. The first-order valence-electron chi connectivity index (χ1n) is 9.83. The number of aryl methyl sites for hydroxylation is 1. The summed E-state index contributed by atoms with van der Waals surface area (Å²) in [6.45, 7) is 1.95. The summed E-state index contributed by atoms with van der Waals surface area (Å²) in [5.74, 6) is -3.89. The first kappa shape index (κ1) is 21.2. The van der Waals surface area contributed by atoms with Gasteiger partial charge in [0.05, 0.1) is 23.3 Å². The van der Waals surface area contributed by atoms with E-state index in [9.17, 15) is 23.5 Å². The number of benzene rings is 2. The zero-order valence-corrected chi connectivity index (χ0v) is 17.1. The molecule has 0 aliphatic rings. The molecule has 2 heterocycles. The summed E-state index contributed by atoms with van der Waals surface area (Å²) in [6, 6.07) is 14.0. The van der Waals surface area contributed by atoms with E-state index in [1.807, 2.05) is 13.0 Å². The minimum atomic E-state index is -1.26. The molecule has 0 bridgehead atoms. The Labute approximate surface area is 182 Å². The zero-order valence-electron chi connectivity index (χ0n) is 17.1. The molecule has 0 spiro atoms. The predicted octanol–water partition coefficient (Wildman–Crippen LogP) is 4.30. The fourth-order valence-electron chi connectivity index (χ4n) is 3.65. The molecule has 0 unspecified atom stereocenters. The highest BCUT2D eigenvalue weighted by atomic mass is 19.2. The summed E-state index contributed by atoms with van der Waals surface area (Å²) in [7, 11) is 0. The van der Waals surface area contributed by atoms with Gasteiger partial charge in [0, 0.05) is 18.1 Å². The Morgan fingerprint density at radius 1 is 1.06 bits per heavy atom. The molecule has 8 heteroatoms. The molecule has 2 aromatic carbocycles. The second-order valence-electron chi connectivity index (χ2n) is 7.39. The lowest BCUT2D eigenvalue weighted by Gasteiger charge is -2.09. The van der Waals surface area contributed by atoms with Gasteiger partial charge in [-0.15, -0.1) is 0 Å². The van der Waals surface area contributed by atoms with E-state index >= 15 is 0 Å². The van der Waals surface area contributed by atoms with E-state index in [1.54, 1.807) is 41.1 Å². The molecule has 162 valence electrons. The molecule has 2 aromatic heterocycles. The Morgan fingerprint density at radius 3 is 2.56 bits per heavy atom. The van der Waals surface area contributed by atoms with Crippen molar-refractivity contribution in [1.29, 1.82) is 0 Å². The van der Waals surface area contributed by atoms with Crippen LogP contribution in [0, 0.1) is 18.6 Å². The lowest BCUT2D eigenvalue weighted by molar-refractivity contribution is 0.0680. The topological polar surface area (TPSA) is 84.2 Å². The number of rotatable bonds is 6. The smallest absolute Gasteiger partial charge is 0.353 e. The average Bonchev–Trinajstić information content (AvgIpc) is 3.08. The third-order valence-electron chi connectivity index (χ3n) is 5.13. The second kappa shape index (κ2) is 8.58. The number of carbonyl (C=O) groups is 2. The summed E-state index contributed by atoms with van der Waals surface area (Å²) in [5.41, 5.74) is 2.32. The van der Waals surface area contributed by atoms with Gasteiger partial charge in [-0.05, 0) is 48.4 Å². The van der Waals surface area contributed by atoms with Crippen molar-refractivity contribution in [1.82, 2.24) is 14.9 Å². The quantitative estimate of drug-likeness (QED) is 0.473. The number of aromatic nitrogens is 2. The third kappa shape index (κ3) is 4.07. The van der Waals surface area contributed by atoms with Gasteiger partial charge < -0.3 is 15.0 Å². The van der Waals surface area contributed by atoms with Gasteiger partial charge in [0.1, 0.15) is 5.69 Å². The van der Waals surface area contributed by atoms with Crippen LogP contribution in [0.15, 0.2) is 60.8 Å². The van der Waals surface area contributed by atoms with E-state index < -0.39 is 23.5 Å². The van der Waals surface area contributed by atoms with Crippen LogP contribution in [0.1, 0.15) is 37.7 Å². The van der Waals surface area contributed by atoms with Crippen molar-refractivity contribution in [3.63, 3.8) is 0 Å². The number of carbonyl (C=O) groups excluding carboxylic acids is 1. The summed E-state index contributed by atoms with van der Waals surface area (Å²) < 4.78 is 28.2. The van der Waals surface area contributed by atoms with E-state index in [0.29, 0.717) is 22.2 Å². The SMILES string of the molecule is Cc1ccc2c(C(=O)NCc3ccc(F)c(F)c3)c(C(=O)O)n(Cc3ccccn3)c2c1. The third-order valence-corrected chi connectivity index (χ3v) is 5.13. The number of aromatic carboxylic acids is 1. The number of amides is 1. The molecular formula is C24H19F2N3O3. The average molecular weight is 435 g/mol. The fraction of sp³-hybridized carbons (Fsp3) is 0.125. The Morgan fingerprint density at radius 2 is 1.88 bits per heavy atom. The van der Waals surface area contributed by atoms with E-state index in [-0.39, 0.29) is 24.3 Å². The monoisotopic (exact) mass is 435 g/mol. The summed E-state index contributed by atoms with van der Waals surface area (Å²) in [6.07, 6.45) is 1.61. The van der Waals surface area contributed by atoms with Crippen LogP contribution in [0.3, 0.4) is 0 Å². The van der Waals surface area contributed by atoms with Crippen molar-refractivity contribution in [2.45, 2.75) is 20.0 Å². The lowest BCUT2D eigenvalue weighted by atomic mass is 10.1. The van der Waals surface area contributed by atoms with Crippen molar-refractivity contribution < 1.29 is 23.5 Å². The molecule has 32 heavy (non-hydrogen) atoms. The lowest BCUT2D eigenvalue weighted by Crippen LogP contribution is -2.25. The van der Waals surface area contributed by atoms with Crippen LogP contribution in [-0.4, -0.2) is 26.5 Å². The highest BCUT2D eigenvalue weighted by Crippen LogP contribution is 2.28. The number of nitrogens with one attached hydrogen (secondary N) is 1. The van der Waals surface area contributed by atoms with Crippen molar-refractivity contribution in [3.05, 3.63) is 101 Å². The van der Waals surface area contributed by atoms with Gasteiger partial charge in [0.25, 0.3) is 5.91 Å². The predicted molar refractivity (Wildman–Crippen MR) is 115 cm³/mol.